The maximum Gasteiger partial charge on any atom is 0.435 e. The predicted molar refractivity (Wildman–Crippen MR) is 166 cm³/mol. The molecule has 0 radical (unpaired) electrons. The van der Waals surface area contributed by atoms with Crippen molar-refractivity contribution in [3.05, 3.63) is 80.3 Å². The van der Waals surface area contributed by atoms with Crippen LogP contribution in [0.25, 0.3) is 0 Å². The largest absolute Gasteiger partial charge is 0.444 e. The molecule has 1 aromatic carbocycles. The van der Waals surface area contributed by atoms with E-state index in [0.717, 1.165) is 12.1 Å². The number of carbonyl (C=O) groups excluding carboxylic acids is 2. The van der Waals surface area contributed by atoms with Gasteiger partial charge < -0.3 is 14.7 Å². The Morgan fingerprint density at radius 3 is 2.40 bits per heavy atom. The summed E-state index contributed by atoms with van der Waals surface area (Å²) in [4.78, 5) is 31.5. The van der Waals surface area contributed by atoms with Gasteiger partial charge in [0.15, 0.2) is 17.1 Å². The molecule has 2 fully saturated rings. The molecule has 0 unspecified atom stereocenters. The molecule has 0 spiro atoms. The number of carbonyl (C=O) groups is 2. The molecule has 8 nitrogen and oxygen atoms in total. The van der Waals surface area contributed by atoms with E-state index < -0.39 is 94.5 Å². The molecular weight excluding hydrogens is 741 g/mol. The molecule has 1 aliphatic heterocycles. The lowest BCUT2D eigenvalue weighted by molar-refractivity contribution is -0.142. The molecule has 3 heterocycles. The molecule has 3 aliphatic rings. The zero-order valence-corrected chi connectivity index (χ0v) is 28.4. The third kappa shape index (κ3) is 7.25. The number of nitrogens with zero attached hydrogens (tertiary/aromatic N) is 4. The predicted octanol–water partition coefficient (Wildman–Crippen LogP) is 6.87. The number of ketones is 1. The number of alkyl halides is 5. The average Bonchev–Trinajstić information content (AvgIpc) is 3.61. The average molecular weight is 772 g/mol. The maximum atomic E-state index is 15.1. The van der Waals surface area contributed by atoms with Crippen molar-refractivity contribution in [1.82, 2.24) is 19.7 Å². The van der Waals surface area contributed by atoms with Gasteiger partial charge in [0.2, 0.25) is 0 Å². The maximum absolute atomic E-state index is 15.1. The number of likely N-dealkylation sites (tertiary alicyclic amines) is 1. The summed E-state index contributed by atoms with van der Waals surface area (Å²) in [5.41, 5.74) is -4.81. The number of hydrogen-bond acceptors (Lipinski definition) is 6. The summed E-state index contributed by atoms with van der Waals surface area (Å²) in [5, 5.41) is 14.2. The molecule has 1 saturated carbocycles. The number of fused-ring (bicyclic) bond motifs is 3. The monoisotopic (exact) mass is 770 g/mol. The Hall–Kier alpha value is -3.97. The molecule has 2 aromatic heterocycles. The number of halogens is 8. The standard InChI is InChI=1S/C34H30BrF7N4O4/c1-31(2,3)50-30(48)45-15-32(49,16-45)7-6-21-4-5-25(35)27(43-21)18(8-17-9-19(36)12-20(37)10-17)11-22(47)14-46-29-26(28(44-46)34(40,41)42)23-13-24(23)33(29,38)39/h4-5,9-10,12,18,23-24,49H,8,11,13-16H2,1-3H3/t18-,23+,24-/m1/s1. The van der Waals surface area contributed by atoms with Crippen LogP contribution in [0.3, 0.4) is 0 Å². The SMILES string of the molecule is CC(C)(C)OC(=O)N1CC(O)(C#Cc2ccc(Br)c([C@@H](CC(=O)Cn3nc(C(F)(F)F)c4c3C(F)(F)[C@@H]3C[C@H]43)Cc3cc(F)cc(F)c3)n2)C1. The first-order valence-corrected chi connectivity index (χ1v) is 16.4. The first-order chi connectivity index (χ1) is 23.1. The van der Waals surface area contributed by atoms with Crippen LogP contribution in [0.5, 0.6) is 0 Å². The summed E-state index contributed by atoms with van der Waals surface area (Å²) >= 11 is 3.37. The fourth-order valence-electron chi connectivity index (χ4n) is 6.49. The zero-order chi connectivity index (χ0) is 36.6. The van der Waals surface area contributed by atoms with E-state index >= 15 is 8.78 Å². The Bertz CT molecular complexity index is 1920. The normalized spacial score (nSPS) is 20.6. The first-order valence-electron chi connectivity index (χ1n) is 15.6. The number of aromatic nitrogens is 3. The van der Waals surface area contributed by atoms with Gasteiger partial charge in [0.25, 0.3) is 5.92 Å². The van der Waals surface area contributed by atoms with Crippen molar-refractivity contribution in [1.29, 1.82) is 0 Å². The molecule has 1 saturated heterocycles. The van der Waals surface area contributed by atoms with Crippen molar-refractivity contribution in [3.8, 4) is 11.8 Å². The fourth-order valence-corrected chi connectivity index (χ4v) is 7.04. The lowest BCUT2D eigenvalue weighted by atomic mass is 9.90. The number of pyridine rings is 1. The highest BCUT2D eigenvalue weighted by molar-refractivity contribution is 9.10. The number of amides is 1. The molecule has 266 valence electrons. The summed E-state index contributed by atoms with van der Waals surface area (Å²) in [5.74, 6) is -3.98. The molecule has 3 aromatic rings. The fraction of sp³-hybridized carbons (Fsp3) is 0.471. The van der Waals surface area contributed by atoms with E-state index in [0.29, 0.717) is 15.2 Å². The van der Waals surface area contributed by atoms with E-state index in [1.807, 2.05) is 0 Å². The number of β-amino-alcohol motifs (C(OH)–C–C–N with tert-alkyl or cyclic N) is 1. The number of Topliss-reactive ketones (excluding diaryl/α,β-unsaturated/α-hetero) is 1. The van der Waals surface area contributed by atoms with Gasteiger partial charge in [-0.1, -0.05) is 5.92 Å². The number of benzene rings is 1. The minimum atomic E-state index is -5.01. The second kappa shape index (κ2) is 12.4. The first kappa shape index (κ1) is 35.8. The Kier molecular flexibility index (Phi) is 8.86. The van der Waals surface area contributed by atoms with Gasteiger partial charge in [0.05, 0.1) is 18.8 Å². The van der Waals surface area contributed by atoms with Crippen molar-refractivity contribution in [2.45, 2.75) is 81.7 Å². The zero-order valence-electron chi connectivity index (χ0n) is 26.8. The Labute approximate surface area is 290 Å². The van der Waals surface area contributed by atoms with Gasteiger partial charge in [-0.2, -0.15) is 27.1 Å². The summed E-state index contributed by atoms with van der Waals surface area (Å²) < 4.78 is 106. The second-order valence-electron chi connectivity index (χ2n) is 13.9. The van der Waals surface area contributed by atoms with Gasteiger partial charge in [0, 0.05) is 34.4 Å². The molecule has 50 heavy (non-hydrogen) atoms. The van der Waals surface area contributed by atoms with Crippen LogP contribution in [0, 0.1) is 29.4 Å². The molecule has 16 heteroatoms. The van der Waals surface area contributed by atoms with Gasteiger partial charge in [-0.25, -0.2) is 18.6 Å². The molecule has 6 rings (SSSR count). The smallest absolute Gasteiger partial charge is 0.435 e. The van der Waals surface area contributed by atoms with E-state index in [1.54, 1.807) is 20.8 Å². The third-order valence-corrected chi connectivity index (χ3v) is 9.32. The van der Waals surface area contributed by atoms with Crippen LogP contribution >= 0.6 is 15.9 Å². The summed E-state index contributed by atoms with van der Waals surface area (Å²) in [6.07, 6.45) is -6.39. The number of hydrogen-bond donors (Lipinski definition) is 1. The van der Waals surface area contributed by atoms with Gasteiger partial charge in [-0.3, -0.25) is 9.48 Å². The minimum absolute atomic E-state index is 0.104. The van der Waals surface area contributed by atoms with Crippen LogP contribution in [0.4, 0.5) is 35.5 Å². The quantitative estimate of drug-likeness (QED) is 0.208. The van der Waals surface area contributed by atoms with Crippen LogP contribution in [0.1, 0.15) is 79.4 Å². The highest BCUT2D eigenvalue weighted by Gasteiger charge is 2.68. The Morgan fingerprint density at radius 1 is 1.12 bits per heavy atom. The van der Waals surface area contributed by atoms with Crippen molar-refractivity contribution in [3.63, 3.8) is 0 Å². The van der Waals surface area contributed by atoms with Gasteiger partial charge in [-0.15, -0.1) is 0 Å². The van der Waals surface area contributed by atoms with Crippen LogP contribution in [0.15, 0.2) is 34.8 Å². The highest BCUT2D eigenvalue weighted by atomic mass is 79.9. The highest BCUT2D eigenvalue weighted by Crippen LogP contribution is 2.68. The second-order valence-corrected chi connectivity index (χ2v) is 14.8. The molecule has 3 atom stereocenters. The lowest BCUT2D eigenvalue weighted by Gasteiger charge is -2.43. The van der Waals surface area contributed by atoms with Gasteiger partial charge in [-0.05, 0) is 91.2 Å². The number of aliphatic hydroxyl groups is 1. The van der Waals surface area contributed by atoms with Crippen molar-refractivity contribution >= 4 is 27.8 Å². The molecule has 2 aliphatic carbocycles. The van der Waals surface area contributed by atoms with Crippen LogP contribution < -0.4 is 0 Å². The van der Waals surface area contributed by atoms with Crippen LogP contribution in [-0.2, 0) is 34.6 Å². The van der Waals surface area contributed by atoms with E-state index in [-0.39, 0.29) is 42.9 Å². The summed E-state index contributed by atoms with van der Waals surface area (Å²) in [7, 11) is 0. The van der Waals surface area contributed by atoms with Crippen LogP contribution in [0.2, 0.25) is 0 Å². The minimum Gasteiger partial charge on any atom is -0.444 e. The van der Waals surface area contributed by atoms with E-state index in [2.05, 4.69) is 37.9 Å². The van der Waals surface area contributed by atoms with Crippen molar-refractivity contribution < 1.29 is 50.2 Å². The topological polar surface area (TPSA) is 97.6 Å². The van der Waals surface area contributed by atoms with Gasteiger partial charge >= 0.3 is 12.3 Å². The van der Waals surface area contributed by atoms with Crippen LogP contribution in [-0.4, -0.2) is 60.9 Å². The molecule has 0 bridgehead atoms. The Balaban J connectivity index is 1.27. The molecule has 1 amide bonds. The van der Waals surface area contributed by atoms with E-state index in [1.165, 1.54) is 17.0 Å². The van der Waals surface area contributed by atoms with Gasteiger partial charge in [0.1, 0.15) is 35.2 Å². The van der Waals surface area contributed by atoms with E-state index in [4.69, 9.17) is 4.74 Å². The van der Waals surface area contributed by atoms with E-state index in [9.17, 15) is 36.6 Å². The van der Waals surface area contributed by atoms with Crippen molar-refractivity contribution in [2.24, 2.45) is 5.92 Å². The summed E-state index contributed by atoms with van der Waals surface area (Å²) in [6.45, 7) is 3.94. The number of rotatable bonds is 7. The third-order valence-electron chi connectivity index (χ3n) is 8.64. The molecular formula is C34H30BrF7N4O4. The van der Waals surface area contributed by atoms with Crippen molar-refractivity contribution in [2.75, 3.05) is 13.1 Å². The molecule has 1 N–H and O–H groups in total. The Morgan fingerprint density at radius 2 is 1.78 bits per heavy atom. The summed E-state index contributed by atoms with van der Waals surface area (Å²) in [6, 6.07) is 5.78. The number of ether oxygens (including phenoxy) is 1. The lowest BCUT2D eigenvalue weighted by Crippen LogP contribution is -2.63.